The van der Waals surface area contributed by atoms with Gasteiger partial charge in [0, 0.05) is 10.6 Å². The highest BCUT2D eigenvalue weighted by Gasteiger charge is 2.20. The number of alkyl halides is 1. The largest absolute Gasteiger partial charge is 0.394 e. The van der Waals surface area contributed by atoms with Crippen molar-refractivity contribution in [2.45, 2.75) is 4.43 Å². The predicted molar refractivity (Wildman–Crippen MR) is 80.3 cm³/mol. The molecule has 3 rings (SSSR count). The topological polar surface area (TPSA) is 65.1 Å². The number of anilines is 1. The van der Waals surface area contributed by atoms with Crippen LogP contribution in [0.1, 0.15) is 5.56 Å². The van der Waals surface area contributed by atoms with Crippen LogP contribution >= 0.6 is 22.6 Å². The molecule has 0 saturated carbocycles. The van der Waals surface area contributed by atoms with Crippen molar-refractivity contribution in [1.29, 1.82) is 0 Å². The fraction of sp³-hybridized carbons (Fsp3) is 0.0769. The normalized spacial score (nSPS) is 11.4. The smallest absolute Gasteiger partial charge is 0.254 e. The third kappa shape index (κ3) is 1.43. The van der Waals surface area contributed by atoms with Gasteiger partial charge in [-0.15, -0.1) is 0 Å². The van der Waals surface area contributed by atoms with Crippen LogP contribution in [0.25, 0.3) is 16.6 Å². The second-order valence-corrected chi connectivity index (χ2v) is 4.90. The van der Waals surface area contributed by atoms with E-state index in [-0.39, 0.29) is 5.69 Å². The summed E-state index contributed by atoms with van der Waals surface area (Å²) in [6.07, 6.45) is 1.77. The zero-order valence-corrected chi connectivity index (χ0v) is 11.5. The maximum absolute atomic E-state index is 11.6. The molecule has 0 radical (unpaired) electrons. The van der Waals surface area contributed by atoms with E-state index in [1.165, 1.54) is 5.56 Å². The van der Waals surface area contributed by atoms with Crippen molar-refractivity contribution in [2.75, 3.05) is 5.73 Å². The summed E-state index contributed by atoms with van der Waals surface area (Å²) in [6.45, 7) is 0. The van der Waals surface area contributed by atoms with Gasteiger partial charge in [0.1, 0.15) is 11.4 Å². The minimum absolute atomic E-state index is 0.0531. The van der Waals surface area contributed by atoms with Crippen molar-refractivity contribution in [3.8, 4) is 5.69 Å². The Morgan fingerprint density at radius 3 is 2.61 bits per heavy atom. The van der Waals surface area contributed by atoms with Gasteiger partial charge < -0.3 is 10.3 Å². The summed E-state index contributed by atoms with van der Waals surface area (Å²) in [4.78, 5) is 22.7. The zero-order chi connectivity index (χ0) is 12.9. The molecular weight excluding hydrogens is 343 g/mol. The number of rotatable bonds is 2. The number of benzene rings is 1. The number of nitrogens with two attached hydrogens (primary N) is 1. The standard InChI is InChI=1S/C13H9IN2O2/c14-6-7-1-2-8-3-4-16(9(8)5-7)11-10(15)12(17)13(11)18/h1-5H,6,15H2. The lowest BCUT2D eigenvalue weighted by Gasteiger charge is -2.09. The van der Waals surface area contributed by atoms with Crippen molar-refractivity contribution in [3.05, 3.63) is 56.5 Å². The summed E-state index contributed by atoms with van der Waals surface area (Å²) in [6, 6.07) is 7.97. The van der Waals surface area contributed by atoms with Gasteiger partial charge in [-0.3, -0.25) is 9.59 Å². The number of hydrogen-bond donors (Lipinski definition) is 1. The molecule has 1 heterocycles. The van der Waals surface area contributed by atoms with Crippen LogP contribution in [0, 0.1) is 0 Å². The summed E-state index contributed by atoms with van der Waals surface area (Å²) in [5.74, 6) is 0. The fourth-order valence-electron chi connectivity index (χ4n) is 2.09. The van der Waals surface area contributed by atoms with E-state index >= 15 is 0 Å². The van der Waals surface area contributed by atoms with Crippen molar-refractivity contribution in [2.24, 2.45) is 0 Å². The Balaban J connectivity index is 2.31. The molecule has 0 bridgehead atoms. The molecule has 2 N–H and O–H groups in total. The Bertz CT molecular complexity index is 825. The lowest BCUT2D eigenvalue weighted by molar-refractivity contribution is 1.08. The van der Waals surface area contributed by atoms with E-state index in [2.05, 4.69) is 22.6 Å². The Hall–Kier alpha value is -1.63. The number of halogens is 1. The molecule has 0 aliphatic rings. The van der Waals surface area contributed by atoms with Crippen LogP contribution in [-0.4, -0.2) is 4.57 Å². The van der Waals surface area contributed by atoms with Crippen LogP contribution in [0.2, 0.25) is 0 Å². The van der Waals surface area contributed by atoms with Gasteiger partial charge in [-0.25, -0.2) is 0 Å². The molecule has 0 aliphatic heterocycles. The van der Waals surface area contributed by atoms with E-state index in [0.29, 0.717) is 5.69 Å². The summed E-state index contributed by atoms with van der Waals surface area (Å²) >= 11 is 2.28. The highest BCUT2D eigenvalue weighted by atomic mass is 127. The Morgan fingerprint density at radius 1 is 1.17 bits per heavy atom. The van der Waals surface area contributed by atoms with E-state index < -0.39 is 10.9 Å². The SMILES string of the molecule is Nc1c(-n2ccc3ccc(CI)cc32)c(=O)c1=O. The average molecular weight is 352 g/mol. The molecule has 3 aromatic rings. The molecule has 0 saturated heterocycles. The monoisotopic (exact) mass is 352 g/mol. The molecule has 0 unspecified atom stereocenters. The van der Waals surface area contributed by atoms with Gasteiger partial charge in [-0.1, -0.05) is 34.7 Å². The second-order valence-electron chi connectivity index (χ2n) is 4.13. The van der Waals surface area contributed by atoms with Crippen LogP contribution in [-0.2, 0) is 4.43 Å². The number of nitrogen functional groups attached to an aromatic ring is 1. The summed E-state index contributed by atoms with van der Waals surface area (Å²) < 4.78 is 2.59. The maximum atomic E-state index is 11.6. The Morgan fingerprint density at radius 2 is 1.94 bits per heavy atom. The van der Waals surface area contributed by atoms with Crippen LogP contribution < -0.4 is 16.6 Å². The molecule has 0 fully saturated rings. The molecule has 0 amide bonds. The van der Waals surface area contributed by atoms with Crippen molar-refractivity contribution < 1.29 is 0 Å². The molecule has 0 spiro atoms. The maximum Gasteiger partial charge on any atom is 0.254 e. The second kappa shape index (κ2) is 3.94. The van der Waals surface area contributed by atoms with Crippen LogP contribution in [0.15, 0.2) is 40.1 Å². The third-order valence-electron chi connectivity index (χ3n) is 3.07. The molecule has 0 aliphatic carbocycles. The van der Waals surface area contributed by atoms with Gasteiger partial charge >= 0.3 is 0 Å². The van der Waals surface area contributed by atoms with Gasteiger partial charge in [-0.2, -0.15) is 0 Å². The molecule has 18 heavy (non-hydrogen) atoms. The van der Waals surface area contributed by atoms with Crippen LogP contribution in [0.3, 0.4) is 0 Å². The van der Waals surface area contributed by atoms with E-state index in [1.54, 1.807) is 10.8 Å². The zero-order valence-electron chi connectivity index (χ0n) is 9.31. The Kier molecular flexibility index (Phi) is 2.51. The van der Waals surface area contributed by atoms with Gasteiger partial charge in [-0.05, 0) is 23.1 Å². The molecule has 90 valence electrons. The lowest BCUT2D eigenvalue weighted by Crippen LogP contribution is -2.38. The first kappa shape index (κ1) is 11.5. The summed E-state index contributed by atoms with van der Waals surface area (Å²) in [5, 5.41) is 1.02. The van der Waals surface area contributed by atoms with Gasteiger partial charge in [0.15, 0.2) is 0 Å². The van der Waals surface area contributed by atoms with Crippen LogP contribution in [0.4, 0.5) is 5.69 Å². The average Bonchev–Trinajstić information content (AvgIpc) is 2.81. The fourth-order valence-corrected chi connectivity index (χ4v) is 2.56. The first-order valence-corrected chi connectivity index (χ1v) is 6.91. The number of nitrogens with zero attached hydrogens (tertiary/aromatic N) is 1. The minimum Gasteiger partial charge on any atom is -0.394 e. The minimum atomic E-state index is -0.586. The van der Waals surface area contributed by atoms with E-state index in [0.717, 1.165) is 15.3 Å². The molecular formula is C13H9IN2O2. The molecule has 4 nitrogen and oxygen atoms in total. The van der Waals surface area contributed by atoms with Gasteiger partial charge in [0.05, 0.1) is 5.52 Å². The highest BCUT2D eigenvalue weighted by molar-refractivity contribution is 14.1. The first-order chi connectivity index (χ1) is 8.63. The quantitative estimate of drug-likeness (QED) is 0.434. The van der Waals surface area contributed by atoms with Crippen molar-refractivity contribution in [1.82, 2.24) is 4.57 Å². The molecule has 0 atom stereocenters. The highest BCUT2D eigenvalue weighted by Crippen LogP contribution is 2.23. The molecule has 1 aromatic heterocycles. The van der Waals surface area contributed by atoms with E-state index in [1.807, 2.05) is 24.3 Å². The first-order valence-electron chi connectivity index (χ1n) is 5.38. The number of hydrogen-bond acceptors (Lipinski definition) is 3. The summed E-state index contributed by atoms with van der Waals surface area (Å²) in [5.41, 5.74) is 6.92. The van der Waals surface area contributed by atoms with Crippen LogP contribution in [0.5, 0.6) is 0 Å². The van der Waals surface area contributed by atoms with Gasteiger partial charge in [0.25, 0.3) is 10.9 Å². The number of fused-ring (bicyclic) bond motifs is 1. The van der Waals surface area contributed by atoms with Crippen molar-refractivity contribution in [3.63, 3.8) is 0 Å². The Labute approximate surface area is 116 Å². The van der Waals surface area contributed by atoms with Crippen molar-refractivity contribution >= 4 is 39.2 Å². The lowest BCUT2D eigenvalue weighted by atomic mass is 10.1. The van der Waals surface area contributed by atoms with E-state index in [4.69, 9.17) is 5.73 Å². The van der Waals surface area contributed by atoms with E-state index in [9.17, 15) is 9.59 Å². The molecule has 2 aromatic carbocycles. The molecule has 5 heteroatoms. The summed E-state index contributed by atoms with van der Waals surface area (Å²) in [7, 11) is 0. The third-order valence-corrected chi connectivity index (χ3v) is 3.95. The number of aromatic nitrogens is 1. The predicted octanol–water partition coefficient (Wildman–Crippen LogP) is 1.74. The van der Waals surface area contributed by atoms with Gasteiger partial charge in [0.2, 0.25) is 0 Å².